The molecule has 0 bridgehead atoms. The van der Waals surface area contributed by atoms with E-state index >= 15 is 0 Å². The molecule has 0 spiro atoms. The lowest BCUT2D eigenvalue weighted by Gasteiger charge is -2.15. The molecule has 4 rings (SSSR count). The zero-order valence-corrected chi connectivity index (χ0v) is 20.5. The number of carbonyl (C=O) groups is 2. The van der Waals surface area contributed by atoms with Gasteiger partial charge in [0.2, 0.25) is 5.91 Å². The second-order valence-electron chi connectivity index (χ2n) is 8.26. The minimum atomic E-state index is -3.16. The highest BCUT2D eigenvalue weighted by Crippen LogP contribution is 2.37. The predicted octanol–water partition coefficient (Wildman–Crippen LogP) is 1.67. The van der Waals surface area contributed by atoms with Gasteiger partial charge in [0.25, 0.3) is 5.91 Å². The van der Waals surface area contributed by atoms with Crippen LogP contribution in [0.3, 0.4) is 0 Å². The van der Waals surface area contributed by atoms with Gasteiger partial charge in [0.05, 0.1) is 11.8 Å². The molecule has 1 saturated heterocycles. The van der Waals surface area contributed by atoms with Gasteiger partial charge in [-0.25, -0.2) is 4.99 Å². The summed E-state index contributed by atoms with van der Waals surface area (Å²) in [6.45, 7) is -2.88. The molecule has 6 N–H and O–H groups in total. The molecule has 1 fully saturated rings. The van der Waals surface area contributed by atoms with E-state index in [4.69, 9.17) is 22.7 Å². The van der Waals surface area contributed by atoms with Crippen LogP contribution in [0, 0.1) is 5.41 Å². The third kappa shape index (κ3) is 6.15. The number of aliphatic hydroxyl groups is 1. The lowest BCUT2D eigenvalue weighted by atomic mass is 10.1. The molecule has 0 radical (unpaired) electrons. The number of likely N-dealkylation sites (tertiary alicyclic amines) is 1. The van der Waals surface area contributed by atoms with E-state index in [1.165, 1.54) is 46.4 Å². The molecule has 2 aliphatic rings. The van der Waals surface area contributed by atoms with Gasteiger partial charge in [-0.1, -0.05) is 11.6 Å². The van der Waals surface area contributed by atoms with Crippen molar-refractivity contribution in [2.75, 3.05) is 18.4 Å². The number of aliphatic imine (C=N–C) groups is 1. The van der Waals surface area contributed by atoms with Gasteiger partial charge in [0.1, 0.15) is 35.2 Å². The van der Waals surface area contributed by atoms with E-state index in [1.807, 2.05) is 0 Å². The summed E-state index contributed by atoms with van der Waals surface area (Å²) in [6, 6.07) is 3.89. The fourth-order valence-electron chi connectivity index (χ4n) is 3.89. The van der Waals surface area contributed by atoms with Crippen molar-refractivity contribution in [2.24, 2.45) is 10.7 Å². The molecular formula is C23H23ClF2N8O4. The van der Waals surface area contributed by atoms with Crippen LogP contribution < -0.4 is 21.1 Å². The second-order valence-corrected chi connectivity index (χ2v) is 8.70. The van der Waals surface area contributed by atoms with Crippen LogP contribution in [0.5, 0.6) is 5.75 Å². The maximum absolute atomic E-state index is 13.2. The highest BCUT2D eigenvalue weighted by Gasteiger charge is 2.27. The zero-order valence-electron chi connectivity index (χ0n) is 19.7. The van der Waals surface area contributed by atoms with E-state index in [9.17, 15) is 23.5 Å². The van der Waals surface area contributed by atoms with Crippen molar-refractivity contribution in [2.45, 2.75) is 25.7 Å². The minimum absolute atomic E-state index is 0.000297. The summed E-state index contributed by atoms with van der Waals surface area (Å²) in [6.07, 6.45) is 5.61. The van der Waals surface area contributed by atoms with Gasteiger partial charge in [0.15, 0.2) is 0 Å². The number of aliphatic hydroxyl groups excluding tert-OH is 1. The Bertz CT molecular complexity index is 1360. The number of allylic oxidation sites excluding steroid dienone is 1. The smallest absolute Gasteiger partial charge is 0.387 e. The number of nitrogens with one attached hydrogen (secondary N) is 3. The molecule has 1 aromatic heterocycles. The average Bonchev–Trinajstić information content (AvgIpc) is 3.46. The summed E-state index contributed by atoms with van der Waals surface area (Å²) >= 11 is 6.11. The van der Waals surface area contributed by atoms with Crippen molar-refractivity contribution < 1.29 is 28.2 Å². The third-order valence-corrected chi connectivity index (χ3v) is 5.81. The fourth-order valence-corrected chi connectivity index (χ4v) is 4.06. The van der Waals surface area contributed by atoms with Gasteiger partial charge in [0, 0.05) is 42.3 Å². The van der Waals surface area contributed by atoms with E-state index in [-0.39, 0.29) is 58.1 Å². The van der Waals surface area contributed by atoms with Crippen molar-refractivity contribution >= 4 is 41.2 Å². The fraction of sp³-hybridized carbons (Fsp3) is 0.261. The number of hydrogen-bond donors (Lipinski definition) is 5. The molecular weight excluding hydrogens is 526 g/mol. The number of hydrogen-bond acceptors (Lipinski definition) is 8. The van der Waals surface area contributed by atoms with E-state index in [0.717, 1.165) is 0 Å². The van der Waals surface area contributed by atoms with Crippen molar-refractivity contribution in [3.63, 3.8) is 0 Å². The largest absolute Gasteiger partial charge is 0.434 e. The number of amidine groups is 1. The summed E-state index contributed by atoms with van der Waals surface area (Å²) in [5.74, 6) is -2.03. The van der Waals surface area contributed by atoms with Gasteiger partial charge < -0.3 is 31.1 Å². The highest BCUT2D eigenvalue weighted by molar-refractivity contribution is 6.31. The van der Waals surface area contributed by atoms with E-state index in [0.29, 0.717) is 13.0 Å². The van der Waals surface area contributed by atoms with Gasteiger partial charge in [-0.15, -0.1) is 0 Å². The number of rotatable bonds is 8. The van der Waals surface area contributed by atoms with Gasteiger partial charge >= 0.3 is 6.61 Å². The molecule has 2 amide bonds. The molecule has 0 unspecified atom stereocenters. The van der Waals surface area contributed by atoms with Crippen molar-refractivity contribution in [3.05, 3.63) is 53.1 Å². The molecule has 38 heavy (non-hydrogen) atoms. The summed E-state index contributed by atoms with van der Waals surface area (Å²) in [5.41, 5.74) is 5.34. The van der Waals surface area contributed by atoms with Crippen LogP contribution in [0.2, 0.25) is 5.02 Å². The number of ether oxygens (including phenoxy) is 1. The molecule has 2 aliphatic heterocycles. The maximum atomic E-state index is 13.2. The normalized spacial score (nSPS) is 17.9. The Labute approximate surface area is 219 Å². The number of aromatic nitrogens is 2. The van der Waals surface area contributed by atoms with Gasteiger partial charge in [-0.3, -0.25) is 19.7 Å². The summed E-state index contributed by atoms with van der Waals surface area (Å²) in [7, 11) is 0. The Morgan fingerprint density at radius 3 is 2.82 bits per heavy atom. The maximum Gasteiger partial charge on any atom is 0.387 e. The number of amides is 2. The number of benzene rings is 1. The Morgan fingerprint density at radius 2 is 2.18 bits per heavy atom. The van der Waals surface area contributed by atoms with Crippen LogP contribution in [0.25, 0.3) is 11.3 Å². The first-order valence-electron chi connectivity index (χ1n) is 11.3. The Balaban J connectivity index is 1.73. The summed E-state index contributed by atoms with van der Waals surface area (Å²) in [4.78, 5) is 31.4. The van der Waals surface area contributed by atoms with Crippen LogP contribution in [0.15, 0.2) is 53.1 Å². The van der Waals surface area contributed by atoms with Crippen LogP contribution >= 0.6 is 11.6 Å². The first-order valence-corrected chi connectivity index (χ1v) is 11.6. The van der Waals surface area contributed by atoms with Crippen molar-refractivity contribution in [1.29, 1.82) is 5.41 Å². The van der Waals surface area contributed by atoms with Crippen molar-refractivity contribution in [1.82, 2.24) is 20.0 Å². The zero-order chi connectivity index (χ0) is 27.4. The third-order valence-electron chi connectivity index (χ3n) is 5.58. The molecule has 3 heterocycles. The number of β-amino-alcohol motifs (C(OH)–C–C–N with tert-alkyl or cyclic N) is 1. The second kappa shape index (κ2) is 11.4. The monoisotopic (exact) mass is 548 g/mol. The topological polar surface area (TPSA) is 171 Å². The van der Waals surface area contributed by atoms with Gasteiger partial charge in [-0.2, -0.15) is 13.9 Å². The minimum Gasteiger partial charge on any atom is -0.434 e. The highest BCUT2D eigenvalue weighted by atomic mass is 35.5. The quantitative estimate of drug-likeness (QED) is 0.190. The molecule has 1 aromatic carbocycles. The lowest BCUT2D eigenvalue weighted by Crippen LogP contribution is -2.32. The Kier molecular flexibility index (Phi) is 8.02. The van der Waals surface area contributed by atoms with E-state index in [1.54, 1.807) is 6.08 Å². The number of nitrogens with zero attached hydrogens (tertiary/aromatic N) is 4. The molecule has 1 atom stereocenters. The Hall–Kier alpha value is -4.30. The molecule has 2 aromatic rings. The van der Waals surface area contributed by atoms with Gasteiger partial charge in [-0.05, 0) is 30.7 Å². The SMILES string of the molecule is N=C(N)/C(C(=O)Nc1cn(CC(=O)N2CC[C@@H](O)C2)nc1-c1cc(Cl)ccc1OC(F)F)=C1/N=CC=CN1. The van der Waals surface area contributed by atoms with E-state index in [2.05, 4.69) is 25.5 Å². The standard InChI is InChI=1S/C23H23ClF2N8O4/c24-12-2-3-16(38-23(25)26)14(8-12)19-15(10-34(32-19)11-17(36)33-7-4-13(35)9-33)31-22(37)18(20(27)28)21-29-5-1-6-30-21/h1-3,5-6,8,10,13,23,29,35H,4,7,9,11H2,(H3,27,28)(H,31,37)/b21-18-/t13-/m1/s1. The average molecular weight is 549 g/mol. The number of anilines is 1. The number of nitrogens with two attached hydrogens (primary N) is 1. The van der Waals surface area contributed by atoms with Crippen LogP contribution in [-0.2, 0) is 16.1 Å². The molecule has 200 valence electrons. The first-order chi connectivity index (χ1) is 18.1. The van der Waals surface area contributed by atoms with Crippen molar-refractivity contribution in [3.8, 4) is 17.0 Å². The van der Waals surface area contributed by atoms with Crippen LogP contribution in [-0.4, -0.2) is 69.5 Å². The summed E-state index contributed by atoms with van der Waals surface area (Å²) in [5, 5.41) is 27.4. The molecule has 0 saturated carbocycles. The first kappa shape index (κ1) is 26.8. The number of carbonyl (C=O) groups excluding carboxylic acids is 2. The lowest BCUT2D eigenvalue weighted by molar-refractivity contribution is -0.131. The van der Waals surface area contributed by atoms with Crippen LogP contribution in [0.1, 0.15) is 6.42 Å². The summed E-state index contributed by atoms with van der Waals surface area (Å²) < 4.78 is 32.1. The predicted molar refractivity (Wildman–Crippen MR) is 135 cm³/mol. The van der Waals surface area contributed by atoms with Crippen LogP contribution in [0.4, 0.5) is 14.5 Å². The molecule has 15 heteroatoms. The molecule has 0 aliphatic carbocycles. The van der Waals surface area contributed by atoms with E-state index < -0.39 is 24.5 Å². The number of halogens is 3. The number of alkyl halides is 2. The molecule has 12 nitrogen and oxygen atoms in total. The Morgan fingerprint density at radius 1 is 1.39 bits per heavy atom.